The number of carbonyl (C=O) groups excluding carboxylic acids is 1. The molecule has 0 aliphatic carbocycles. The summed E-state index contributed by atoms with van der Waals surface area (Å²) in [6, 6.07) is 0. The highest BCUT2D eigenvalue weighted by Gasteiger charge is 2.18. The lowest BCUT2D eigenvalue weighted by molar-refractivity contribution is -0.127. The summed E-state index contributed by atoms with van der Waals surface area (Å²) < 4.78 is 0. The van der Waals surface area contributed by atoms with Gasteiger partial charge in [0.1, 0.15) is 0 Å². The normalized spacial score (nSPS) is 16.1. The maximum atomic E-state index is 11.1. The van der Waals surface area contributed by atoms with E-state index in [4.69, 9.17) is 0 Å². The third-order valence-electron chi connectivity index (χ3n) is 1.83. The minimum atomic E-state index is 0.244. The van der Waals surface area contributed by atoms with Crippen molar-refractivity contribution in [1.29, 1.82) is 0 Å². The van der Waals surface area contributed by atoms with E-state index in [2.05, 4.69) is 17.2 Å². The number of nitrogens with one attached hydrogen (secondary N) is 1. The molecule has 0 atom stereocenters. The number of carbonyl (C=O) groups is 1. The number of hydrogen-bond acceptors (Lipinski definition) is 2. The molecule has 0 bridgehead atoms. The predicted octanol–water partition coefficient (Wildman–Crippen LogP) is -0.168. The zero-order valence-corrected chi connectivity index (χ0v) is 7.39. The van der Waals surface area contributed by atoms with E-state index in [-0.39, 0.29) is 5.91 Å². The van der Waals surface area contributed by atoms with Crippen LogP contribution in [-0.2, 0) is 4.79 Å². The molecule has 1 aliphatic heterocycles. The summed E-state index contributed by atoms with van der Waals surface area (Å²) in [6.07, 6.45) is 1.69. The van der Waals surface area contributed by atoms with Gasteiger partial charge in [-0.05, 0) is 13.5 Å². The Morgan fingerprint density at radius 2 is 2.42 bits per heavy atom. The third kappa shape index (κ3) is 2.55. The molecule has 1 saturated heterocycles. The first kappa shape index (κ1) is 9.08. The van der Waals surface area contributed by atoms with Crippen LogP contribution in [0.4, 0.5) is 0 Å². The van der Waals surface area contributed by atoms with Crippen molar-refractivity contribution in [1.82, 2.24) is 10.2 Å². The van der Waals surface area contributed by atoms with Crippen LogP contribution < -0.4 is 5.32 Å². The van der Waals surface area contributed by atoms with Crippen LogP contribution >= 0.6 is 0 Å². The molecule has 0 aromatic heterocycles. The van der Waals surface area contributed by atoms with E-state index in [1.54, 1.807) is 0 Å². The lowest BCUT2D eigenvalue weighted by atomic mass is 10.4. The molecule has 12 heavy (non-hydrogen) atoms. The molecule has 0 aromatic carbocycles. The summed E-state index contributed by atoms with van der Waals surface area (Å²) in [5, 5.41) is 2.93. The van der Waals surface area contributed by atoms with E-state index >= 15 is 0 Å². The minimum Gasteiger partial charge on any atom is -0.332 e. The Hall–Kier alpha value is -1.01. The van der Waals surface area contributed by atoms with Gasteiger partial charge < -0.3 is 10.2 Å². The second-order valence-corrected chi connectivity index (χ2v) is 2.80. The molecule has 3 nitrogen and oxygen atoms in total. The van der Waals surface area contributed by atoms with Crippen molar-refractivity contribution in [3.05, 3.63) is 0 Å². The molecule has 0 unspecified atom stereocenters. The Morgan fingerprint density at radius 3 is 3.00 bits per heavy atom. The van der Waals surface area contributed by atoms with Gasteiger partial charge in [0, 0.05) is 13.0 Å². The van der Waals surface area contributed by atoms with Gasteiger partial charge in [-0.15, -0.1) is 0 Å². The van der Waals surface area contributed by atoms with E-state index in [0.717, 1.165) is 13.0 Å². The summed E-state index contributed by atoms with van der Waals surface area (Å²) in [5.74, 6) is 6.12. The van der Waals surface area contributed by atoms with Crippen LogP contribution in [0.2, 0.25) is 0 Å². The standard InChI is InChI=1S/C9H14N2O/c1-10-6-2-3-7-11-8-4-5-9(11)12/h10H,4-8H2,1H3. The van der Waals surface area contributed by atoms with Crippen molar-refractivity contribution in [2.24, 2.45) is 0 Å². The fourth-order valence-corrected chi connectivity index (χ4v) is 1.17. The fourth-order valence-electron chi connectivity index (χ4n) is 1.17. The highest BCUT2D eigenvalue weighted by molar-refractivity contribution is 5.78. The molecular weight excluding hydrogens is 152 g/mol. The molecule has 1 aliphatic rings. The Balaban J connectivity index is 2.23. The van der Waals surface area contributed by atoms with Crippen LogP contribution in [0.3, 0.4) is 0 Å². The van der Waals surface area contributed by atoms with Crippen molar-refractivity contribution >= 4 is 5.91 Å². The van der Waals surface area contributed by atoms with Crippen LogP contribution in [0.25, 0.3) is 0 Å². The SMILES string of the molecule is CNCC#CCN1CCCC1=O. The van der Waals surface area contributed by atoms with E-state index < -0.39 is 0 Å². The first-order valence-electron chi connectivity index (χ1n) is 4.22. The van der Waals surface area contributed by atoms with Crippen molar-refractivity contribution in [3.63, 3.8) is 0 Å². The Morgan fingerprint density at radius 1 is 1.58 bits per heavy atom. The first-order chi connectivity index (χ1) is 5.84. The lowest BCUT2D eigenvalue weighted by Crippen LogP contribution is -2.24. The predicted molar refractivity (Wildman–Crippen MR) is 47.5 cm³/mol. The minimum absolute atomic E-state index is 0.244. The van der Waals surface area contributed by atoms with Gasteiger partial charge in [0.2, 0.25) is 5.91 Å². The van der Waals surface area contributed by atoms with Gasteiger partial charge in [-0.1, -0.05) is 11.8 Å². The van der Waals surface area contributed by atoms with Gasteiger partial charge in [-0.25, -0.2) is 0 Å². The molecule has 3 heteroatoms. The number of likely N-dealkylation sites (tertiary alicyclic amines) is 1. The first-order valence-corrected chi connectivity index (χ1v) is 4.22. The molecule has 0 aromatic rings. The summed E-state index contributed by atoms with van der Waals surface area (Å²) in [4.78, 5) is 12.9. The Bertz CT molecular complexity index is 214. The topological polar surface area (TPSA) is 32.3 Å². The second-order valence-electron chi connectivity index (χ2n) is 2.80. The van der Waals surface area contributed by atoms with E-state index in [1.165, 1.54) is 0 Å². The zero-order valence-electron chi connectivity index (χ0n) is 7.39. The van der Waals surface area contributed by atoms with Crippen molar-refractivity contribution in [2.45, 2.75) is 12.8 Å². The van der Waals surface area contributed by atoms with Gasteiger partial charge in [0.05, 0.1) is 13.1 Å². The molecular formula is C9H14N2O. The molecule has 0 radical (unpaired) electrons. The highest BCUT2D eigenvalue weighted by Crippen LogP contribution is 2.07. The van der Waals surface area contributed by atoms with Gasteiger partial charge >= 0.3 is 0 Å². The van der Waals surface area contributed by atoms with Crippen molar-refractivity contribution < 1.29 is 4.79 Å². The summed E-state index contributed by atoms with van der Waals surface area (Å²) in [5.41, 5.74) is 0. The van der Waals surface area contributed by atoms with Crippen LogP contribution in [0.1, 0.15) is 12.8 Å². The molecule has 1 rings (SSSR count). The van der Waals surface area contributed by atoms with Crippen molar-refractivity contribution in [2.75, 3.05) is 26.7 Å². The van der Waals surface area contributed by atoms with Gasteiger partial charge in [0.25, 0.3) is 0 Å². The van der Waals surface area contributed by atoms with E-state index in [0.29, 0.717) is 19.5 Å². The molecule has 1 heterocycles. The second kappa shape index (κ2) is 4.78. The molecule has 1 fully saturated rings. The summed E-state index contributed by atoms with van der Waals surface area (Å²) in [7, 11) is 1.86. The van der Waals surface area contributed by atoms with Crippen LogP contribution in [0, 0.1) is 11.8 Å². The zero-order chi connectivity index (χ0) is 8.81. The average molecular weight is 166 g/mol. The molecule has 1 N–H and O–H groups in total. The van der Waals surface area contributed by atoms with Crippen molar-refractivity contribution in [3.8, 4) is 11.8 Å². The highest BCUT2D eigenvalue weighted by atomic mass is 16.2. The number of rotatable bonds is 2. The van der Waals surface area contributed by atoms with Gasteiger partial charge in [-0.3, -0.25) is 4.79 Å². The summed E-state index contributed by atoms with van der Waals surface area (Å²) >= 11 is 0. The Labute approximate surface area is 73.1 Å². The van der Waals surface area contributed by atoms with Crippen LogP contribution in [0.15, 0.2) is 0 Å². The third-order valence-corrected chi connectivity index (χ3v) is 1.83. The number of hydrogen-bond donors (Lipinski definition) is 1. The molecule has 0 spiro atoms. The smallest absolute Gasteiger partial charge is 0.223 e. The van der Waals surface area contributed by atoms with Crippen LogP contribution in [0.5, 0.6) is 0 Å². The van der Waals surface area contributed by atoms with Gasteiger partial charge in [-0.2, -0.15) is 0 Å². The monoisotopic (exact) mass is 166 g/mol. The maximum absolute atomic E-state index is 11.1. The quantitative estimate of drug-likeness (QED) is 0.578. The summed E-state index contributed by atoms with van der Waals surface area (Å²) in [6.45, 7) is 2.18. The number of nitrogens with zero attached hydrogens (tertiary/aromatic N) is 1. The van der Waals surface area contributed by atoms with E-state index in [1.807, 2.05) is 11.9 Å². The molecule has 66 valence electrons. The fraction of sp³-hybridized carbons (Fsp3) is 0.667. The lowest BCUT2D eigenvalue weighted by Gasteiger charge is -2.09. The Kier molecular flexibility index (Phi) is 3.62. The molecule has 1 amide bonds. The maximum Gasteiger partial charge on any atom is 0.223 e. The van der Waals surface area contributed by atoms with E-state index in [9.17, 15) is 4.79 Å². The number of amides is 1. The van der Waals surface area contributed by atoms with Crippen LogP contribution in [-0.4, -0.2) is 37.5 Å². The molecule has 0 saturated carbocycles. The van der Waals surface area contributed by atoms with Gasteiger partial charge in [0.15, 0.2) is 0 Å². The average Bonchev–Trinajstić information content (AvgIpc) is 2.46. The largest absolute Gasteiger partial charge is 0.332 e.